The fourth-order valence-electron chi connectivity index (χ4n) is 2.34. The molecular formula is C13H23N3O2S2. The number of likely N-dealkylation sites (N-methyl/N-ethyl adjacent to an activating group) is 1. The standard InChI is InChI=1S/C13H23N3O2S2/c1-4-14-8-12-10(2)7-13(19-12)20(17,18)15-11-5-6-16(3)9-11/h7,11,14-15H,4-6,8-9H2,1-3H3. The molecule has 1 atom stereocenters. The first-order valence-corrected chi connectivity index (χ1v) is 9.23. The van der Waals surface area contributed by atoms with Gasteiger partial charge in [-0.2, -0.15) is 0 Å². The van der Waals surface area contributed by atoms with Crippen LogP contribution in [0, 0.1) is 6.92 Å². The summed E-state index contributed by atoms with van der Waals surface area (Å²) in [5, 5.41) is 3.24. The van der Waals surface area contributed by atoms with Crippen LogP contribution < -0.4 is 10.0 Å². The van der Waals surface area contributed by atoms with Crippen LogP contribution in [0.1, 0.15) is 23.8 Å². The van der Waals surface area contributed by atoms with Crippen LogP contribution in [0.2, 0.25) is 0 Å². The highest BCUT2D eigenvalue weighted by molar-refractivity contribution is 7.91. The Morgan fingerprint density at radius 2 is 2.25 bits per heavy atom. The summed E-state index contributed by atoms with van der Waals surface area (Å²) in [6, 6.07) is 1.81. The van der Waals surface area contributed by atoms with E-state index in [0.717, 1.165) is 43.0 Å². The third-order valence-electron chi connectivity index (χ3n) is 3.51. The Kier molecular flexibility index (Phi) is 5.19. The van der Waals surface area contributed by atoms with Gasteiger partial charge in [0, 0.05) is 24.0 Å². The molecule has 0 aromatic carbocycles. The molecule has 0 aliphatic carbocycles. The van der Waals surface area contributed by atoms with E-state index in [2.05, 4.69) is 14.9 Å². The lowest BCUT2D eigenvalue weighted by Crippen LogP contribution is -2.36. The summed E-state index contributed by atoms with van der Waals surface area (Å²) < 4.78 is 28.0. The first kappa shape index (κ1) is 15.9. The Morgan fingerprint density at radius 1 is 1.50 bits per heavy atom. The van der Waals surface area contributed by atoms with Crippen LogP contribution in [0.25, 0.3) is 0 Å². The maximum Gasteiger partial charge on any atom is 0.250 e. The van der Waals surface area contributed by atoms with Gasteiger partial charge in [-0.15, -0.1) is 11.3 Å². The van der Waals surface area contributed by atoms with Crippen LogP contribution in [0.5, 0.6) is 0 Å². The highest BCUT2D eigenvalue weighted by Crippen LogP contribution is 2.26. The summed E-state index contributed by atoms with van der Waals surface area (Å²) in [6.45, 7) is 7.35. The largest absolute Gasteiger partial charge is 0.312 e. The molecule has 0 radical (unpaired) electrons. The van der Waals surface area contributed by atoms with Crippen molar-refractivity contribution in [1.29, 1.82) is 0 Å². The molecule has 1 saturated heterocycles. The van der Waals surface area contributed by atoms with E-state index in [4.69, 9.17) is 0 Å². The van der Waals surface area contributed by atoms with Gasteiger partial charge in [-0.25, -0.2) is 13.1 Å². The molecule has 1 aromatic heterocycles. The molecule has 1 unspecified atom stereocenters. The van der Waals surface area contributed by atoms with Crippen LogP contribution in [-0.4, -0.2) is 46.0 Å². The van der Waals surface area contributed by atoms with Gasteiger partial charge in [0.15, 0.2) is 0 Å². The molecule has 0 bridgehead atoms. The topological polar surface area (TPSA) is 61.4 Å². The minimum atomic E-state index is -3.38. The highest BCUT2D eigenvalue weighted by atomic mass is 32.2. The first-order chi connectivity index (χ1) is 9.42. The van der Waals surface area contributed by atoms with Crippen LogP contribution in [0.3, 0.4) is 0 Å². The normalized spacial score (nSPS) is 20.6. The first-order valence-electron chi connectivity index (χ1n) is 6.93. The van der Waals surface area contributed by atoms with Gasteiger partial charge in [-0.05, 0) is 45.1 Å². The van der Waals surface area contributed by atoms with Crippen molar-refractivity contribution in [1.82, 2.24) is 14.9 Å². The Hall–Kier alpha value is -0.470. The molecule has 0 saturated carbocycles. The second-order valence-corrected chi connectivity index (χ2v) is 8.40. The second-order valence-electron chi connectivity index (χ2n) is 5.32. The molecule has 2 N–H and O–H groups in total. The number of sulfonamides is 1. The lowest BCUT2D eigenvalue weighted by Gasteiger charge is -2.12. The average Bonchev–Trinajstić information content (AvgIpc) is 2.93. The lowest BCUT2D eigenvalue weighted by atomic mass is 10.3. The van der Waals surface area contributed by atoms with Crippen LogP contribution in [0.4, 0.5) is 0 Å². The van der Waals surface area contributed by atoms with E-state index in [-0.39, 0.29) is 6.04 Å². The SMILES string of the molecule is CCNCc1sc(S(=O)(=O)NC2CCN(C)C2)cc1C. The number of thiophene rings is 1. The predicted octanol–water partition coefficient (Wildman–Crippen LogP) is 1.15. The lowest BCUT2D eigenvalue weighted by molar-refractivity contribution is 0.407. The van der Waals surface area contributed by atoms with Crippen LogP contribution in [-0.2, 0) is 16.6 Å². The number of rotatable bonds is 6. The van der Waals surface area contributed by atoms with E-state index >= 15 is 0 Å². The molecule has 1 aliphatic rings. The number of hydrogen-bond acceptors (Lipinski definition) is 5. The van der Waals surface area contributed by atoms with Crippen molar-refractivity contribution in [2.24, 2.45) is 0 Å². The van der Waals surface area contributed by atoms with Crippen LogP contribution in [0.15, 0.2) is 10.3 Å². The molecule has 7 heteroatoms. The van der Waals surface area contributed by atoms with Crippen molar-refractivity contribution in [2.45, 2.75) is 37.1 Å². The van der Waals surface area contributed by atoms with E-state index in [1.165, 1.54) is 11.3 Å². The molecular weight excluding hydrogens is 294 g/mol. The van der Waals surface area contributed by atoms with Crippen molar-refractivity contribution in [2.75, 3.05) is 26.7 Å². The fourth-order valence-corrected chi connectivity index (χ4v) is 5.18. The molecule has 0 spiro atoms. The third kappa shape index (κ3) is 3.79. The Bertz CT molecular complexity index is 554. The summed E-state index contributed by atoms with van der Waals surface area (Å²) in [5.41, 5.74) is 1.04. The maximum atomic E-state index is 12.4. The maximum absolute atomic E-state index is 12.4. The van der Waals surface area contributed by atoms with E-state index in [1.807, 2.05) is 20.9 Å². The minimum Gasteiger partial charge on any atom is -0.312 e. The summed E-state index contributed by atoms with van der Waals surface area (Å²) in [7, 11) is -1.37. The molecule has 2 rings (SSSR count). The summed E-state index contributed by atoms with van der Waals surface area (Å²) >= 11 is 1.36. The number of nitrogens with one attached hydrogen (secondary N) is 2. The number of nitrogens with zero attached hydrogens (tertiary/aromatic N) is 1. The molecule has 5 nitrogen and oxygen atoms in total. The van der Waals surface area contributed by atoms with E-state index in [1.54, 1.807) is 6.07 Å². The Labute approximate surface area is 125 Å². The van der Waals surface area contributed by atoms with E-state index in [9.17, 15) is 8.42 Å². The Morgan fingerprint density at radius 3 is 2.85 bits per heavy atom. The Balaban J connectivity index is 2.09. The van der Waals surface area contributed by atoms with Gasteiger partial charge in [-0.3, -0.25) is 0 Å². The summed E-state index contributed by atoms with van der Waals surface area (Å²) in [5.74, 6) is 0. The zero-order chi connectivity index (χ0) is 14.8. The van der Waals surface area contributed by atoms with E-state index in [0.29, 0.717) is 4.21 Å². The van der Waals surface area contributed by atoms with Crippen molar-refractivity contribution in [3.8, 4) is 0 Å². The van der Waals surface area contributed by atoms with Crippen molar-refractivity contribution in [3.63, 3.8) is 0 Å². The van der Waals surface area contributed by atoms with Gasteiger partial charge in [0.25, 0.3) is 0 Å². The summed E-state index contributed by atoms with van der Waals surface area (Å²) in [6.07, 6.45) is 0.879. The minimum absolute atomic E-state index is 0.0321. The zero-order valence-corrected chi connectivity index (χ0v) is 13.9. The van der Waals surface area contributed by atoms with Crippen molar-refractivity contribution < 1.29 is 8.42 Å². The second kappa shape index (κ2) is 6.53. The van der Waals surface area contributed by atoms with Gasteiger partial charge in [-0.1, -0.05) is 6.92 Å². The van der Waals surface area contributed by atoms with Crippen LogP contribution >= 0.6 is 11.3 Å². The molecule has 0 amide bonds. The van der Waals surface area contributed by atoms with Gasteiger partial charge in [0.05, 0.1) is 0 Å². The van der Waals surface area contributed by atoms with Gasteiger partial charge >= 0.3 is 0 Å². The van der Waals surface area contributed by atoms with E-state index < -0.39 is 10.0 Å². The number of hydrogen-bond donors (Lipinski definition) is 2. The molecule has 1 aliphatic heterocycles. The van der Waals surface area contributed by atoms with Gasteiger partial charge in [0.1, 0.15) is 4.21 Å². The quantitative estimate of drug-likeness (QED) is 0.826. The molecule has 114 valence electrons. The highest BCUT2D eigenvalue weighted by Gasteiger charge is 2.26. The monoisotopic (exact) mass is 317 g/mol. The molecule has 2 heterocycles. The van der Waals surface area contributed by atoms with Gasteiger partial charge in [0.2, 0.25) is 10.0 Å². The average molecular weight is 317 g/mol. The van der Waals surface area contributed by atoms with Crippen molar-refractivity contribution >= 4 is 21.4 Å². The zero-order valence-electron chi connectivity index (χ0n) is 12.3. The van der Waals surface area contributed by atoms with Gasteiger partial charge < -0.3 is 10.2 Å². The fraction of sp³-hybridized carbons (Fsp3) is 0.692. The van der Waals surface area contributed by atoms with Crippen molar-refractivity contribution in [3.05, 3.63) is 16.5 Å². The molecule has 1 fully saturated rings. The third-order valence-corrected chi connectivity index (χ3v) is 6.74. The number of aryl methyl sites for hydroxylation is 1. The number of likely N-dealkylation sites (tertiary alicyclic amines) is 1. The molecule has 1 aromatic rings. The molecule has 20 heavy (non-hydrogen) atoms. The summed E-state index contributed by atoms with van der Waals surface area (Å²) in [4.78, 5) is 3.24. The smallest absolute Gasteiger partial charge is 0.250 e. The predicted molar refractivity (Wildman–Crippen MR) is 82.7 cm³/mol.